The van der Waals surface area contributed by atoms with Gasteiger partial charge in [0.25, 0.3) is 0 Å². The third-order valence-electron chi connectivity index (χ3n) is 2.69. The zero-order chi connectivity index (χ0) is 13.1. The number of nitro groups is 1. The van der Waals surface area contributed by atoms with Gasteiger partial charge in [-0.3, -0.25) is 14.9 Å². The summed E-state index contributed by atoms with van der Waals surface area (Å²) in [7, 11) is 0. The van der Waals surface area contributed by atoms with Gasteiger partial charge >= 0.3 is 5.69 Å². The summed E-state index contributed by atoms with van der Waals surface area (Å²) in [5, 5.41) is 19.5. The van der Waals surface area contributed by atoms with Gasteiger partial charge < -0.3 is 4.74 Å². The van der Waals surface area contributed by atoms with Crippen LogP contribution in [0.4, 0.5) is 5.69 Å². The second kappa shape index (κ2) is 4.84. The van der Waals surface area contributed by atoms with Crippen molar-refractivity contribution < 1.29 is 14.5 Å². The first-order chi connectivity index (χ1) is 8.61. The standard InChI is InChI=1S/C12H10N2O4/c13-6-8-1-4-12(10(5-8)14(16)17)18-7-11(15)9-2-3-9/h1,4-5,9H,2-3,7H2. The molecule has 0 aromatic heterocycles. The summed E-state index contributed by atoms with van der Waals surface area (Å²) in [6.45, 7) is -0.155. The van der Waals surface area contributed by atoms with Crippen LogP contribution in [0.2, 0.25) is 0 Å². The Bertz CT molecular complexity index is 543. The summed E-state index contributed by atoms with van der Waals surface area (Å²) < 4.78 is 5.16. The van der Waals surface area contributed by atoms with Crippen molar-refractivity contribution in [2.45, 2.75) is 12.8 Å². The summed E-state index contributed by atoms with van der Waals surface area (Å²) >= 11 is 0. The van der Waals surface area contributed by atoms with Crippen LogP contribution in [0, 0.1) is 27.4 Å². The first kappa shape index (κ1) is 12.0. The van der Waals surface area contributed by atoms with E-state index in [1.54, 1.807) is 0 Å². The van der Waals surface area contributed by atoms with Crippen LogP contribution < -0.4 is 4.74 Å². The highest BCUT2D eigenvalue weighted by atomic mass is 16.6. The Labute approximate surface area is 103 Å². The number of Topliss-reactive ketones (excluding diaryl/α,β-unsaturated/α-hetero) is 1. The molecule has 0 heterocycles. The molecule has 0 bridgehead atoms. The lowest BCUT2D eigenvalue weighted by Crippen LogP contribution is -2.13. The maximum Gasteiger partial charge on any atom is 0.312 e. The normalized spacial score (nSPS) is 13.7. The van der Waals surface area contributed by atoms with Crippen LogP contribution in [0.5, 0.6) is 5.75 Å². The second-order valence-corrected chi connectivity index (χ2v) is 4.08. The van der Waals surface area contributed by atoms with Gasteiger partial charge in [-0.25, -0.2) is 0 Å². The average molecular weight is 246 g/mol. The minimum absolute atomic E-state index is 0.0213. The Balaban J connectivity index is 2.13. The number of nitriles is 1. The van der Waals surface area contributed by atoms with E-state index < -0.39 is 4.92 Å². The number of nitro benzene ring substituents is 1. The second-order valence-electron chi connectivity index (χ2n) is 4.08. The van der Waals surface area contributed by atoms with Crippen LogP contribution in [-0.2, 0) is 4.79 Å². The predicted molar refractivity (Wildman–Crippen MR) is 61.0 cm³/mol. The number of carbonyl (C=O) groups excluding carboxylic acids is 1. The number of nitrogens with zero attached hydrogens (tertiary/aromatic N) is 2. The highest BCUT2D eigenvalue weighted by Crippen LogP contribution is 2.31. The molecular formula is C12H10N2O4. The Hall–Kier alpha value is -2.42. The van der Waals surface area contributed by atoms with E-state index >= 15 is 0 Å². The van der Waals surface area contributed by atoms with E-state index in [9.17, 15) is 14.9 Å². The molecule has 0 unspecified atom stereocenters. The lowest BCUT2D eigenvalue weighted by molar-refractivity contribution is -0.385. The summed E-state index contributed by atoms with van der Waals surface area (Å²) in [6.07, 6.45) is 1.75. The van der Waals surface area contributed by atoms with Crippen LogP contribution in [-0.4, -0.2) is 17.3 Å². The fourth-order valence-electron chi connectivity index (χ4n) is 1.52. The van der Waals surface area contributed by atoms with Gasteiger partial charge in [-0.2, -0.15) is 5.26 Å². The van der Waals surface area contributed by atoms with Gasteiger partial charge in [0.05, 0.1) is 16.6 Å². The molecule has 92 valence electrons. The molecule has 0 amide bonds. The van der Waals surface area contributed by atoms with E-state index in [1.165, 1.54) is 12.1 Å². The van der Waals surface area contributed by atoms with Gasteiger partial charge in [0, 0.05) is 12.0 Å². The smallest absolute Gasteiger partial charge is 0.312 e. The van der Waals surface area contributed by atoms with Crippen molar-refractivity contribution in [3.63, 3.8) is 0 Å². The summed E-state index contributed by atoms with van der Waals surface area (Å²) in [6, 6.07) is 5.72. The zero-order valence-electron chi connectivity index (χ0n) is 9.46. The Morgan fingerprint density at radius 3 is 2.83 bits per heavy atom. The summed E-state index contributed by atoms with van der Waals surface area (Å²) in [5.74, 6) is 0.0455. The zero-order valence-corrected chi connectivity index (χ0v) is 9.46. The molecule has 1 aromatic carbocycles. The summed E-state index contributed by atoms with van der Waals surface area (Å²) in [5.41, 5.74) is -0.111. The number of hydrogen-bond donors (Lipinski definition) is 0. The average Bonchev–Trinajstić information content (AvgIpc) is 3.19. The minimum Gasteiger partial charge on any atom is -0.479 e. The molecule has 0 N–H and O–H groups in total. The lowest BCUT2D eigenvalue weighted by atomic mass is 10.2. The van der Waals surface area contributed by atoms with Gasteiger partial charge in [0.1, 0.15) is 6.61 Å². The first-order valence-electron chi connectivity index (χ1n) is 5.46. The molecular weight excluding hydrogens is 236 g/mol. The van der Waals surface area contributed by atoms with E-state index in [0.29, 0.717) is 0 Å². The van der Waals surface area contributed by atoms with Gasteiger partial charge in [-0.05, 0) is 25.0 Å². The van der Waals surface area contributed by atoms with Crippen LogP contribution in [0.15, 0.2) is 18.2 Å². The molecule has 18 heavy (non-hydrogen) atoms. The molecule has 6 nitrogen and oxygen atoms in total. The maximum atomic E-state index is 11.4. The molecule has 1 fully saturated rings. The minimum atomic E-state index is -0.627. The van der Waals surface area contributed by atoms with Crippen LogP contribution >= 0.6 is 0 Å². The van der Waals surface area contributed by atoms with Gasteiger partial charge in [-0.1, -0.05) is 0 Å². The lowest BCUT2D eigenvalue weighted by Gasteiger charge is -2.05. The SMILES string of the molecule is N#Cc1ccc(OCC(=O)C2CC2)c([N+](=O)[O-])c1. The van der Waals surface area contributed by atoms with Crippen molar-refractivity contribution in [2.24, 2.45) is 5.92 Å². The molecule has 2 rings (SSSR count). The van der Waals surface area contributed by atoms with Crippen molar-refractivity contribution in [3.8, 4) is 11.8 Å². The predicted octanol–water partition coefficient (Wildman–Crippen LogP) is 1.82. The topological polar surface area (TPSA) is 93.2 Å². The van der Waals surface area contributed by atoms with E-state index in [0.717, 1.165) is 18.9 Å². The third kappa shape index (κ3) is 2.63. The molecule has 0 atom stereocenters. The molecule has 0 radical (unpaired) electrons. The van der Waals surface area contributed by atoms with Gasteiger partial charge in [-0.15, -0.1) is 0 Å². The van der Waals surface area contributed by atoms with Crippen LogP contribution in [0.1, 0.15) is 18.4 Å². The van der Waals surface area contributed by atoms with Crippen LogP contribution in [0.25, 0.3) is 0 Å². The number of ether oxygens (including phenoxy) is 1. The largest absolute Gasteiger partial charge is 0.479 e. The van der Waals surface area contributed by atoms with Gasteiger partial charge in [0.15, 0.2) is 11.5 Å². The molecule has 1 saturated carbocycles. The number of benzene rings is 1. The number of ketones is 1. The van der Waals surface area contributed by atoms with Crippen molar-refractivity contribution in [1.29, 1.82) is 5.26 Å². The number of carbonyl (C=O) groups is 1. The van der Waals surface area contributed by atoms with Crippen molar-refractivity contribution in [1.82, 2.24) is 0 Å². The van der Waals surface area contributed by atoms with Gasteiger partial charge in [0.2, 0.25) is 0 Å². The number of rotatable bonds is 5. The molecule has 0 spiro atoms. The van der Waals surface area contributed by atoms with E-state index in [1.807, 2.05) is 6.07 Å². The van der Waals surface area contributed by atoms with E-state index in [4.69, 9.17) is 10.00 Å². The Kier molecular flexibility index (Phi) is 3.24. The third-order valence-corrected chi connectivity index (χ3v) is 2.69. The molecule has 1 aliphatic carbocycles. The van der Waals surface area contributed by atoms with E-state index in [2.05, 4.69) is 0 Å². The first-order valence-corrected chi connectivity index (χ1v) is 5.46. The summed E-state index contributed by atoms with van der Waals surface area (Å²) in [4.78, 5) is 21.6. The molecule has 1 aromatic rings. The molecule has 6 heteroatoms. The van der Waals surface area contributed by atoms with Crippen LogP contribution in [0.3, 0.4) is 0 Å². The number of hydrogen-bond acceptors (Lipinski definition) is 5. The fourth-order valence-corrected chi connectivity index (χ4v) is 1.52. The highest BCUT2D eigenvalue weighted by molar-refractivity contribution is 5.84. The Morgan fingerprint density at radius 2 is 2.28 bits per heavy atom. The Morgan fingerprint density at radius 1 is 1.56 bits per heavy atom. The van der Waals surface area contributed by atoms with E-state index in [-0.39, 0.29) is 35.3 Å². The quantitative estimate of drug-likeness (QED) is 0.583. The fraction of sp³-hybridized carbons (Fsp3) is 0.333. The van der Waals surface area contributed by atoms with Crippen molar-refractivity contribution in [3.05, 3.63) is 33.9 Å². The maximum absolute atomic E-state index is 11.4. The molecule has 1 aliphatic rings. The highest BCUT2D eigenvalue weighted by Gasteiger charge is 2.30. The molecule has 0 aliphatic heterocycles. The van der Waals surface area contributed by atoms with Crippen molar-refractivity contribution in [2.75, 3.05) is 6.61 Å². The monoisotopic (exact) mass is 246 g/mol. The molecule has 0 saturated heterocycles. The van der Waals surface area contributed by atoms with Crippen molar-refractivity contribution >= 4 is 11.5 Å².